The molecule has 0 saturated carbocycles. The van der Waals surface area contributed by atoms with Crippen LogP contribution in [0.25, 0.3) is 22.0 Å². The number of aromatic nitrogens is 1. The molecule has 4 aromatic rings. The second-order valence-electron chi connectivity index (χ2n) is 10.8. The Kier molecular flexibility index (Phi) is 8.76. The number of anilines is 2. The van der Waals surface area contributed by atoms with Gasteiger partial charge in [-0.25, -0.2) is 4.79 Å². The number of benzene rings is 3. The fraction of sp³-hybridized carbons (Fsp3) is 0.343. The van der Waals surface area contributed by atoms with E-state index in [1.807, 2.05) is 13.0 Å². The van der Waals surface area contributed by atoms with Crippen molar-refractivity contribution in [2.75, 3.05) is 18.5 Å². The van der Waals surface area contributed by atoms with Gasteiger partial charge in [0.25, 0.3) is 5.56 Å². The molecule has 5 rings (SSSR count). The minimum atomic E-state index is -0.729. The number of ketones is 1. The van der Waals surface area contributed by atoms with Gasteiger partial charge in [-0.15, -0.1) is 0 Å². The molecule has 42 heavy (non-hydrogen) atoms. The summed E-state index contributed by atoms with van der Waals surface area (Å²) >= 11 is 0. The first-order valence-electron chi connectivity index (χ1n) is 15.0. The third-order valence-electron chi connectivity index (χ3n) is 7.79. The summed E-state index contributed by atoms with van der Waals surface area (Å²) in [5.74, 6) is -0.472. The molecular weight excluding hydrogens is 528 g/mol. The highest BCUT2D eigenvalue weighted by Crippen LogP contribution is 2.46. The van der Waals surface area contributed by atoms with Crippen molar-refractivity contribution in [3.63, 3.8) is 0 Å². The van der Waals surface area contributed by atoms with E-state index in [4.69, 9.17) is 9.47 Å². The predicted molar refractivity (Wildman–Crippen MR) is 167 cm³/mol. The molecular formula is C35H38N2O5. The van der Waals surface area contributed by atoms with Crippen LogP contribution in [0.5, 0.6) is 5.75 Å². The topological polar surface area (TPSA) is 97.5 Å². The Hall–Kier alpha value is -4.39. The molecule has 1 aliphatic carbocycles. The number of nitrogens with one attached hydrogen (secondary N) is 2. The third-order valence-corrected chi connectivity index (χ3v) is 7.79. The molecule has 0 atom stereocenters. The molecule has 0 aliphatic heterocycles. The highest BCUT2D eigenvalue weighted by Gasteiger charge is 2.34. The van der Waals surface area contributed by atoms with Gasteiger partial charge in [-0.05, 0) is 55.9 Å². The fourth-order valence-corrected chi connectivity index (χ4v) is 5.68. The molecule has 0 spiro atoms. The first-order valence-corrected chi connectivity index (χ1v) is 15.0. The summed E-state index contributed by atoms with van der Waals surface area (Å²) in [4.78, 5) is 43.7. The van der Waals surface area contributed by atoms with Crippen LogP contribution in [0, 0.1) is 6.92 Å². The minimum Gasteiger partial charge on any atom is -0.491 e. The molecule has 2 N–H and O–H groups in total. The van der Waals surface area contributed by atoms with E-state index in [-0.39, 0.29) is 18.0 Å². The van der Waals surface area contributed by atoms with Gasteiger partial charge in [-0.2, -0.15) is 0 Å². The average molecular weight is 567 g/mol. The van der Waals surface area contributed by atoms with Gasteiger partial charge in [0.05, 0.1) is 30.0 Å². The second-order valence-corrected chi connectivity index (χ2v) is 10.8. The molecule has 0 bridgehead atoms. The molecule has 218 valence electrons. The number of pyridine rings is 1. The Balaban J connectivity index is 1.78. The van der Waals surface area contributed by atoms with Gasteiger partial charge < -0.3 is 19.8 Å². The van der Waals surface area contributed by atoms with Gasteiger partial charge in [0.1, 0.15) is 11.3 Å². The number of H-pyrrole nitrogens is 1. The van der Waals surface area contributed by atoms with Crippen LogP contribution in [0.3, 0.4) is 0 Å². The molecule has 1 aliphatic rings. The zero-order valence-electron chi connectivity index (χ0n) is 24.8. The summed E-state index contributed by atoms with van der Waals surface area (Å²) < 4.78 is 11.6. The van der Waals surface area contributed by atoms with Crippen LogP contribution in [-0.2, 0) is 11.2 Å². The SMILES string of the molecule is CCCCCOc1cc(Nc2ccc(CCCC)cc2C)c2c3c(c(C(=O)OCC)c(=O)[nH]c13)-c1ccccc1C2=O. The molecule has 0 radical (unpaired) electrons. The molecule has 1 aromatic heterocycles. The van der Waals surface area contributed by atoms with E-state index in [1.54, 1.807) is 37.3 Å². The van der Waals surface area contributed by atoms with Crippen molar-refractivity contribution in [1.29, 1.82) is 0 Å². The average Bonchev–Trinajstić information content (AvgIpc) is 2.98. The van der Waals surface area contributed by atoms with Gasteiger partial charge in [0, 0.05) is 28.3 Å². The van der Waals surface area contributed by atoms with Crippen LogP contribution < -0.4 is 15.6 Å². The van der Waals surface area contributed by atoms with Gasteiger partial charge in [-0.3, -0.25) is 9.59 Å². The standard InChI is InChI=1S/C35H38N2O5/c1-5-8-12-18-42-27-20-26(36-25-17-16-22(13-9-6-2)19-21(25)4)29-30-28(23-14-10-11-15-24(23)33(29)38)31(35(40)41-7-3)34(39)37-32(27)30/h10-11,14-17,19-20,36H,5-9,12-13,18H2,1-4H3,(H,37,39). The summed E-state index contributed by atoms with van der Waals surface area (Å²) in [6.07, 6.45) is 6.15. The molecule has 1 heterocycles. The van der Waals surface area contributed by atoms with Gasteiger partial charge in [0.2, 0.25) is 0 Å². The lowest BCUT2D eigenvalue weighted by Crippen LogP contribution is -2.25. The van der Waals surface area contributed by atoms with E-state index >= 15 is 0 Å². The number of fused-ring (bicyclic) bond motifs is 2. The molecule has 7 heteroatoms. The van der Waals surface area contributed by atoms with E-state index in [9.17, 15) is 14.4 Å². The lowest BCUT2D eigenvalue weighted by Gasteiger charge is -2.26. The van der Waals surface area contributed by atoms with E-state index in [0.29, 0.717) is 51.2 Å². The van der Waals surface area contributed by atoms with Gasteiger partial charge in [-0.1, -0.05) is 69.5 Å². The molecule has 3 aromatic carbocycles. The maximum atomic E-state index is 14.2. The summed E-state index contributed by atoms with van der Waals surface area (Å²) in [5, 5.41) is 3.99. The van der Waals surface area contributed by atoms with E-state index < -0.39 is 11.5 Å². The lowest BCUT2D eigenvalue weighted by molar-refractivity contribution is 0.0525. The molecule has 0 amide bonds. The smallest absolute Gasteiger partial charge is 0.344 e. The van der Waals surface area contributed by atoms with Crippen LogP contribution in [0.15, 0.2) is 53.3 Å². The second kappa shape index (κ2) is 12.6. The Morgan fingerprint density at radius 2 is 1.64 bits per heavy atom. The normalized spacial score (nSPS) is 11.9. The van der Waals surface area contributed by atoms with Crippen molar-refractivity contribution in [2.24, 2.45) is 0 Å². The number of rotatable bonds is 12. The number of unbranched alkanes of at least 4 members (excludes halogenated alkanes) is 3. The highest BCUT2D eigenvalue weighted by molar-refractivity contribution is 6.30. The van der Waals surface area contributed by atoms with Crippen molar-refractivity contribution >= 4 is 34.0 Å². The van der Waals surface area contributed by atoms with E-state index in [2.05, 4.69) is 36.3 Å². The van der Waals surface area contributed by atoms with E-state index in [0.717, 1.165) is 49.8 Å². The Bertz CT molecular complexity index is 1720. The maximum absolute atomic E-state index is 14.2. The first kappa shape index (κ1) is 29.1. The number of aryl methyl sites for hydroxylation is 2. The zero-order chi connectivity index (χ0) is 29.8. The zero-order valence-corrected chi connectivity index (χ0v) is 24.8. The van der Waals surface area contributed by atoms with Crippen LogP contribution in [0.1, 0.15) is 90.3 Å². The van der Waals surface area contributed by atoms with Gasteiger partial charge in [0.15, 0.2) is 5.78 Å². The summed E-state index contributed by atoms with van der Waals surface area (Å²) in [6.45, 7) is 8.61. The van der Waals surface area contributed by atoms with Crippen molar-refractivity contribution in [2.45, 2.75) is 66.2 Å². The predicted octanol–water partition coefficient (Wildman–Crippen LogP) is 7.88. The number of ether oxygens (including phenoxy) is 2. The summed E-state index contributed by atoms with van der Waals surface area (Å²) in [5.41, 5.74) is 5.18. The highest BCUT2D eigenvalue weighted by atomic mass is 16.5. The van der Waals surface area contributed by atoms with Crippen molar-refractivity contribution < 1.29 is 19.1 Å². The number of hydrogen-bond acceptors (Lipinski definition) is 6. The lowest BCUT2D eigenvalue weighted by atomic mass is 9.81. The van der Waals surface area contributed by atoms with Crippen molar-refractivity contribution in [3.05, 3.63) is 86.7 Å². The fourth-order valence-electron chi connectivity index (χ4n) is 5.68. The minimum absolute atomic E-state index is 0.115. The van der Waals surface area contributed by atoms with Crippen LogP contribution in [0.4, 0.5) is 11.4 Å². The first-order chi connectivity index (χ1) is 20.4. The number of carbonyl (C=O) groups is 2. The van der Waals surface area contributed by atoms with Crippen LogP contribution in [-0.4, -0.2) is 30.0 Å². The summed E-state index contributed by atoms with van der Waals surface area (Å²) in [6, 6.07) is 15.2. The number of hydrogen-bond donors (Lipinski definition) is 2. The molecule has 0 unspecified atom stereocenters. The Labute approximate surface area is 246 Å². The largest absolute Gasteiger partial charge is 0.491 e. The third kappa shape index (κ3) is 5.43. The van der Waals surface area contributed by atoms with Crippen LogP contribution >= 0.6 is 0 Å². The summed E-state index contributed by atoms with van der Waals surface area (Å²) in [7, 11) is 0. The molecule has 0 fully saturated rings. The van der Waals surface area contributed by atoms with Crippen molar-refractivity contribution in [1.82, 2.24) is 4.98 Å². The Morgan fingerprint density at radius 1 is 0.881 bits per heavy atom. The molecule has 0 saturated heterocycles. The van der Waals surface area contributed by atoms with Crippen molar-refractivity contribution in [3.8, 4) is 16.9 Å². The number of carbonyl (C=O) groups excluding carboxylic acids is 2. The van der Waals surface area contributed by atoms with E-state index in [1.165, 1.54) is 5.56 Å². The number of aromatic amines is 1. The van der Waals surface area contributed by atoms with Gasteiger partial charge >= 0.3 is 5.97 Å². The maximum Gasteiger partial charge on any atom is 0.344 e. The monoisotopic (exact) mass is 566 g/mol. The Morgan fingerprint density at radius 3 is 2.36 bits per heavy atom. The quantitative estimate of drug-likeness (QED) is 0.118. The number of esters is 1. The molecule has 7 nitrogen and oxygen atoms in total. The van der Waals surface area contributed by atoms with Crippen LogP contribution in [0.2, 0.25) is 0 Å².